The standard InChI is InChI=1S/C13H18N4/c1-11-3-2-4-13-15-9-12(17(11)13)10-16-7-5-14-6-8-16/h2-4,9,14H,5-8,10H2,1H3. The highest BCUT2D eigenvalue weighted by Crippen LogP contribution is 2.12. The molecule has 3 rings (SSSR count). The molecule has 2 aromatic heterocycles. The number of rotatable bonds is 2. The first-order valence-corrected chi connectivity index (χ1v) is 6.19. The lowest BCUT2D eigenvalue weighted by atomic mass is 10.3. The molecule has 17 heavy (non-hydrogen) atoms. The average molecular weight is 230 g/mol. The van der Waals surface area contributed by atoms with Crippen molar-refractivity contribution in [1.82, 2.24) is 19.6 Å². The van der Waals surface area contributed by atoms with Gasteiger partial charge in [0.05, 0.1) is 11.9 Å². The summed E-state index contributed by atoms with van der Waals surface area (Å²) in [5.41, 5.74) is 3.60. The van der Waals surface area contributed by atoms with Crippen molar-refractivity contribution >= 4 is 5.65 Å². The van der Waals surface area contributed by atoms with Crippen molar-refractivity contribution in [3.63, 3.8) is 0 Å². The minimum Gasteiger partial charge on any atom is -0.314 e. The minimum absolute atomic E-state index is 0.994. The highest BCUT2D eigenvalue weighted by Gasteiger charge is 2.12. The smallest absolute Gasteiger partial charge is 0.137 e. The molecule has 90 valence electrons. The molecular weight excluding hydrogens is 212 g/mol. The van der Waals surface area contributed by atoms with E-state index in [9.17, 15) is 0 Å². The van der Waals surface area contributed by atoms with E-state index in [1.807, 2.05) is 6.20 Å². The van der Waals surface area contributed by atoms with E-state index in [0.29, 0.717) is 0 Å². The number of aromatic nitrogens is 2. The summed E-state index contributed by atoms with van der Waals surface area (Å²) in [5, 5.41) is 3.38. The van der Waals surface area contributed by atoms with Gasteiger partial charge < -0.3 is 9.72 Å². The van der Waals surface area contributed by atoms with Crippen LogP contribution in [0.4, 0.5) is 0 Å². The van der Waals surface area contributed by atoms with Gasteiger partial charge in [0.2, 0.25) is 0 Å². The molecule has 0 saturated carbocycles. The van der Waals surface area contributed by atoms with Gasteiger partial charge in [-0.3, -0.25) is 4.90 Å². The zero-order valence-electron chi connectivity index (χ0n) is 10.2. The van der Waals surface area contributed by atoms with Crippen molar-refractivity contribution < 1.29 is 0 Å². The third-order valence-corrected chi connectivity index (χ3v) is 3.39. The molecule has 0 aliphatic carbocycles. The molecule has 1 N–H and O–H groups in total. The molecule has 4 heteroatoms. The van der Waals surface area contributed by atoms with Gasteiger partial charge in [-0.05, 0) is 19.1 Å². The van der Waals surface area contributed by atoms with Crippen LogP contribution in [-0.4, -0.2) is 40.5 Å². The molecule has 0 radical (unpaired) electrons. The van der Waals surface area contributed by atoms with E-state index in [2.05, 4.69) is 44.7 Å². The first-order chi connectivity index (χ1) is 8.34. The number of pyridine rings is 1. The Kier molecular flexibility index (Phi) is 2.82. The van der Waals surface area contributed by atoms with Crippen molar-refractivity contribution in [2.24, 2.45) is 0 Å². The lowest BCUT2D eigenvalue weighted by Gasteiger charge is -2.26. The van der Waals surface area contributed by atoms with Crippen LogP contribution in [0.25, 0.3) is 5.65 Å². The molecule has 3 heterocycles. The zero-order chi connectivity index (χ0) is 11.7. The normalized spacial score (nSPS) is 17.7. The summed E-state index contributed by atoms with van der Waals surface area (Å²) < 4.78 is 2.25. The maximum absolute atomic E-state index is 4.47. The maximum Gasteiger partial charge on any atom is 0.137 e. The number of hydrogen-bond acceptors (Lipinski definition) is 3. The first-order valence-electron chi connectivity index (χ1n) is 6.19. The van der Waals surface area contributed by atoms with E-state index in [1.54, 1.807) is 0 Å². The van der Waals surface area contributed by atoms with Gasteiger partial charge in [0.25, 0.3) is 0 Å². The molecule has 0 aromatic carbocycles. The monoisotopic (exact) mass is 230 g/mol. The highest BCUT2D eigenvalue weighted by molar-refractivity contribution is 5.42. The van der Waals surface area contributed by atoms with Crippen LogP contribution in [-0.2, 0) is 6.54 Å². The van der Waals surface area contributed by atoms with Gasteiger partial charge in [-0.15, -0.1) is 0 Å². The number of nitrogens with zero attached hydrogens (tertiary/aromatic N) is 3. The highest BCUT2D eigenvalue weighted by atomic mass is 15.2. The molecule has 0 bridgehead atoms. The van der Waals surface area contributed by atoms with E-state index in [0.717, 1.165) is 38.4 Å². The van der Waals surface area contributed by atoms with Gasteiger partial charge in [0.15, 0.2) is 0 Å². The SMILES string of the molecule is Cc1cccc2ncc(CN3CCNCC3)n12. The number of piperazine rings is 1. The van der Waals surface area contributed by atoms with Crippen LogP contribution in [0.3, 0.4) is 0 Å². The summed E-state index contributed by atoms with van der Waals surface area (Å²) in [4.78, 5) is 6.94. The summed E-state index contributed by atoms with van der Waals surface area (Å²) in [6.45, 7) is 7.56. The Balaban J connectivity index is 1.89. The van der Waals surface area contributed by atoms with Gasteiger partial charge in [-0.1, -0.05) is 6.07 Å². The molecule has 0 amide bonds. The van der Waals surface area contributed by atoms with Crippen LogP contribution in [0.2, 0.25) is 0 Å². The largest absolute Gasteiger partial charge is 0.314 e. The fourth-order valence-corrected chi connectivity index (χ4v) is 2.49. The van der Waals surface area contributed by atoms with E-state index in [1.165, 1.54) is 11.4 Å². The maximum atomic E-state index is 4.47. The Labute approximate surface area is 101 Å². The van der Waals surface area contributed by atoms with Gasteiger partial charge >= 0.3 is 0 Å². The van der Waals surface area contributed by atoms with Crippen LogP contribution >= 0.6 is 0 Å². The van der Waals surface area contributed by atoms with Crippen LogP contribution in [0.15, 0.2) is 24.4 Å². The van der Waals surface area contributed by atoms with Gasteiger partial charge in [-0.2, -0.15) is 0 Å². The number of hydrogen-bond donors (Lipinski definition) is 1. The fraction of sp³-hybridized carbons (Fsp3) is 0.462. The summed E-state index contributed by atoms with van der Waals surface area (Å²) in [7, 11) is 0. The number of imidazole rings is 1. The molecule has 1 aliphatic heterocycles. The number of fused-ring (bicyclic) bond motifs is 1. The van der Waals surface area contributed by atoms with Crippen LogP contribution in [0.1, 0.15) is 11.4 Å². The van der Waals surface area contributed by atoms with Crippen LogP contribution in [0.5, 0.6) is 0 Å². The second-order valence-electron chi connectivity index (χ2n) is 4.64. The summed E-state index contributed by atoms with van der Waals surface area (Å²) in [6.07, 6.45) is 2.00. The zero-order valence-corrected chi connectivity index (χ0v) is 10.2. The number of nitrogens with one attached hydrogen (secondary N) is 1. The van der Waals surface area contributed by atoms with E-state index >= 15 is 0 Å². The summed E-state index contributed by atoms with van der Waals surface area (Å²) >= 11 is 0. The minimum atomic E-state index is 0.994. The Bertz CT molecular complexity index is 511. The van der Waals surface area contributed by atoms with Crippen molar-refractivity contribution in [3.8, 4) is 0 Å². The third-order valence-electron chi connectivity index (χ3n) is 3.39. The van der Waals surface area contributed by atoms with Crippen LogP contribution < -0.4 is 5.32 Å². The summed E-state index contributed by atoms with van der Waals surface area (Å²) in [5.74, 6) is 0. The lowest BCUT2D eigenvalue weighted by molar-refractivity contribution is 0.230. The molecule has 0 unspecified atom stereocenters. The van der Waals surface area contributed by atoms with Gasteiger partial charge in [0, 0.05) is 38.4 Å². The van der Waals surface area contributed by atoms with Gasteiger partial charge in [0.1, 0.15) is 5.65 Å². The quantitative estimate of drug-likeness (QED) is 0.837. The Hall–Kier alpha value is -1.39. The molecule has 0 atom stereocenters. The second kappa shape index (κ2) is 4.47. The molecule has 0 spiro atoms. The van der Waals surface area contributed by atoms with Crippen molar-refractivity contribution in [2.75, 3.05) is 26.2 Å². The average Bonchev–Trinajstić information content (AvgIpc) is 2.75. The second-order valence-corrected chi connectivity index (χ2v) is 4.64. The van der Waals surface area contributed by atoms with E-state index in [4.69, 9.17) is 0 Å². The van der Waals surface area contributed by atoms with Crippen molar-refractivity contribution in [3.05, 3.63) is 35.8 Å². The summed E-state index contributed by atoms with van der Waals surface area (Å²) in [6, 6.07) is 6.26. The Morgan fingerprint density at radius 3 is 2.94 bits per heavy atom. The number of aryl methyl sites for hydroxylation is 1. The van der Waals surface area contributed by atoms with E-state index < -0.39 is 0 Å². The molecule has 1 aliphatic rings. The molecule has 4 nitrogen and oxygen atoms in total. The molecule has 1 saturated heterocycles. The molecular formula is C13H18N4. The first kappa shape index (κ1) is 10.7. The van der Waals surface area contributed by atoms with Gasteiger partial charge in [-0.25, -0.2) is 4.98 Å². The molecule has 2 aromatic rings. The third kappa shape index (κ3) is 2.06. The predicted octanol–water partition coefficient (Wildman–Crippen LogP) is 1.05. The predicted molar refractivity (Wildman–Crippen MR) is 68.1 cm³/mol. The lowest BCUT2D eigenvalue weighted by Crippen LogP contribution is -2.43. The van der Waals surface area contributed by atoms with Crippen molar-refractivity contribution in [2.45, 2.75) is 13.5 Å². The topological polar surface area (TPSA) is 32.6 Å². The molecule has 1 fully saturated rings. The Morgan fingerprint density at radius 1 is 1.29 bits per heavy atom. The van der Waals surface area contributed by atoms with E-state index in [-0.39, 0.29) is 0 Å². The fourth-order valence-electron chi connectivity index (χ4n) is 2.49. The van der Waals surface area contributed by atoms with Crippen molar-refractivity contribution in [1.29, 1.82) is 0 Å². The Morgan fingerprint density at radius 2 is 2.12 bits per heavy atom. The van der Waals surface area contributed by atoms with Crippen LogP contribution in [0, 0.1) is 6.92 Å².